The van der Waals surface area contributed by atoms with Crippen LogP contribution in [0.3, 0.4) is 0 Å². The molecule has 8 heteroatoms. The van der Waals surface area contributed by atoms with Crippen molar-refractivity contribution in [3.8, 4) is 11.5 Å². The fourth-order valence-electron chi connectivity index (χ4n) is 3.44. The Labute approximate surface area is 183 Å². The Bertz CT molecular complexity index is 1340. The largest absolute Gasteiger partial charge is 0.453 e. The summed E-state index contributed by atoms with van der Waals surface area (Å²) >= 11 is 3.50. The lowest BCUT2D eigenvalue weighted by molar-refractivity contribution is -0.137. The highest BCUT2D eigenvalue weighted by Gasteiger charge is 2.32. The van der Waals surface area contributed by atoms with Crippen molar-refractivity contribution in [3.05, 3.63) is 88.5 Å². The highest BCUT2D eigenvalue weighted by Crippen LogP contribution is 2.39. The van der Waals surface area contributed by atoms with Crippen LogP contribution >= 0.6 is 15.9 Å². The average molecular weight is 484 g/mol. The summed E-state index contributed by atoms with van der Waals surface area (Å²) in [6, 6.07) is 19.2. The minimum Gasteiger partial charge on any atom is -0.453 e. The first-order chi connectivity index (χ1) is 14.9. The van der Waals surface area contributed by atoms with Crippen LogP contribution < -0.4 is 10.1 Å². The van der Waals surface area contributed by atoms with Gasteiger partial charge in [0.05, 0.1) is 5.56 Å². The van der Waals surface area contributed by atoms with Gasteiger partial charge in [0, 0.05) is 27.3 Å². The van der Waals surface area contributed by atoms with Gasteiger partial charge in [-0.1, -0.05) is 46.3 Å². The summed E-state index contributed by atoms with van der Waals surface area (Å²) in [6.45, 7) is 0. The molecule has 2 heterocycles. The molecular formula is C23H13BrF3N3O. The van der Waals surface area contributed by atoms with Crippen molar-refractivity contribution in [2.24, 2.45) is 4.99 Å². The third-order valence-corrected chi connectivity index (χ3v) is 5.26. The summed E-state index contributed by atoms with van der Waals surface area (Å²) < 4.78 is 46.4. The molecule has 1 aromatic heterocycles. The predicted molar refractivity (Wildman–Crippen MR) is 117 cm³/mol. The number of ether oxygens (including phenoxy) is 1. The Morgan fingerprint density at radius 3 is 2.55 bits per heavy atom. The van der Waals surface area contributed by atoms with Crippen LogP contribution in [0.2, 0.25) is 0 Å². The topological polar surface area (TPSA) is 46.5 Å². The van der Waals surface area contributed by atoms with E-state index in [-0.39, 0.29) is 11.6 Å². The zero-order chi connectivity index (χ0) is 21.6. The number of aliphatic imine (C=N–C) groups is 1. The van der Waals surface area contributed by atoms with Crippen molar-refractivity contribution in [1.29, 1.82) is 0 Å². The maximum Gasteiger partial charge on any atom is 0.418 e. The summed E-state index contributed by atoms with van der Waals surface area (Å²) in [5, 5.41) is 5.23. The second-order valence-corrected chi connectivity index (χ2v) is 7.82. The maximum absolute atomic E-state index is 13.3. The van der Waals surface area contributed by atoms with Crippen LogP contribution in [0.5, 0.6) is 11.5 Å². The maximum atomic E-state index is 13.3. The summed E-state index contributed by atoms with van der Waals surface area (Å²) in [4.78, 5) is 8.51. The minimum absolute atomic E-state index is 0.0419. The van der Waals surface area contributed by atoms with Crippen LogP contribution in [0.25, 0.3) is 10.8 Å². The number of hydrogen-bond donors (Lipinski definition) is 1. The molecule has 1 aliphatic heterocycles. The van der Waals surface area contributed by atoms with Crippen molar-refractivity contribution in [3.63, 3.8) is 0 Å². The summed E-state index contributed by atoms with van der Waals surface area (Å²) in [6.07, 6.45) is -3.79. The zero-order valence-corrected chi connectivity index (χ0v) is 17.3. The number of alkyl halides is 3. The van der Waals surface area contributed by atoms with Gasteiger partial charge in [0.1, 0.15) is 11.6 Å². The lowest BCUT2D eigenvalue weighted by atomic mass is 10.1. The van der Waals surface area contributed by atoms with Crippen molar-refractivity contribution in [2.45, 2.75) is 6.18 Å². The number of nitrogens with one attached hydrogen (secondary N) is 1. The molecule has 0 saturated heterocycles. The molecule has 1 N–H and O–H groups in total. The van der Waals surface area contributed by atoms with Gasteiger partial charge in [-0.05, 0) is 41.8 Å². The first-order valence-electron chi connectivity index (χ1n) is 9.27. The van der Waals surface area contributed by atoms with Gasteiger partial charge in [-0.2, -0.15) is 13.2 Å². The molecular weight excluding hydrogens is 471 g/mol. The van der Waals surface area contributed by atoms with Gasteiger partial charge in [-0.15, -0.1) is 0 Å². The smallest absolute Gasteiger partial charge is 0.418 e. The van der Waals surface area contributed by atoms with E-state index in [9.17, 15) is 13.2 Å². The standard InChI is InChI=1S/C23H13BrF3N3O/c24-15-9-13-5-4-8-18-20(13)17(11-15)21(29-18)30-22-19(31-16-6-2-1-3-7-16)10-14(12-28-22)23(25,26)27/h1-12H,(H,28,29,30). The van der Waals surface area contributed by atoms with Crippen molar-refractivity contribution in [1.82, 2.24) is 4.98 Å². The normalized spacial score (nSPS) is 14.1. The number of halogens is 4. The molecule has 0 aliphatic carbocycles. The summed E-state index contributed by atoms with van der Waals surface area (Å²) in [5.74, 6) is 0.827. The van der Waals surface area contributed by atoms with Crippen LogP contribution in [-0.4, -0.2) is 10.8 Å². The molecule has 0 saturated carbocycles. The van der Waals surface area contributed by atoms with Crippen LogP contribution in [0.4, 0.5) is 24.7 Å². The van der Waals surface area contributed by atoms with Crippen LogP contribution in [0.1, 0.15) is 11.1 Å². The van der Waals surface area contributed by atoms with Crippen LogP contribution in [-0.2, 0) is 6.18 Å². The lowest BCUT2D eigenvalue weighted by Crippen LogP contribution is -2.08. The van der Waals surface area contributed by atoms with Gasteiger partial charge in [0.25, 0.3) is 0 Å². The first kappa shape index (κ1) is 19.6. The number of nitrogens with zero attached hydrogens (tertiary/aromatic N) is 2. The molecule has 0 spiro atoms. The monoisotopic (exact) mass is 483 g/mol. The number of pyridine rings is 1. The van der Waals surface area contributed by atoms with E-state index >= 15 is 0 Å². The Kier molecular flexibility index (Phi) is 4.66. The molecule has 3 aromatic carbocycles. The van der Waals surface area contributed by atoms with Gasteiger partial charge in [-0.3, -0.25) is 0 Å². The van der Waals surface area contributed by atoms with Crippen LogP contribution in [0.15, 0.2) is 82.4 Å². The fraction of sp³-hybridized carbons (Fsp3) is 0.0435. The molecule has 5 rings (SSSR count). The molecule has 0 unspecified atom stereocenters. The second kappa shape index (κ2) is 7.39. The Hall–Kier alpha value is -3.39. The molecule has 31 heavy (non-hydrogen) atoms. The molecule has 0 bridgehead atoms. The number of para-hydroxylation sites is 1. The van der Waals surface area contributed by atoms with Crippen molar-refractivity contribution >= 4 is 44.0 Å². The Morgan fingerprint density at radius 1 is 0.968 bits per heavy atom. The highest BCUT2D eigenvalue weighted by atomic mass is 79.9. The third-order valence-electron chi connectivity index (χ3n) is 4.80. The van der Waals surface area contributed by atoms with E-state index in [0.29, 0.717) is 11.6 Å². The number of hydrogen-bond acceptors (Lipinski definition) is 3. The fourth-order valence-corrected chi connectivity index (χ4v) is 3.91. The van der Waals surface area contributed by atoms with Gasteiger partial charge in [0.2, 0.25) is 0 Å². The highest BCUT2D eigenvalue weighted by molar-refractivity contribution is 9.10. The second-order valence-electron chi connectivity index (χ2n) is 6.90. The van der Waals surface area contributed by atoms with E-state index in [1.807, 2.05) is 30.3 Å². The first-order valence-corrected chi connectivity index (χ1v) is 10.1. The van der Waals surface area contributed by atoms with Gasteiger partial charge in [0.15, 0.2) is 11.6 Å². The molecule has 0 atom stereocenters. The molecule has 0 fully saturated rings. The SMILES string of the molecule is FC(F)(F)c1cnc(N=C2Nc3cccc4cc(Br)cc2c34)c(Oc2ccccc2)c1. The van der Waals surface area contributed by atoms with E-state index in [4.69, 9.17) is 4.74 Å². The van der Waals surface area contributed by atoms with Crippen molar-refractivity contribution in [2.75, 3.05) is 5.32 Å². The number of aromatic nitrogens is 1. The van der Waals surface area contributed by atoms with E-state index < -0.39 is 11.7 Å². The summed E-state index contributed by atoms with van der Waals surface area (Å²) in [7, 11) is 0. The predicted octanol–water partition coefficient (Wildman–Crippen LogP) is 7.31. The van der Waals surface area contributed by atoms with E-state index in [1.54, 1.807) is 30.3 Å². The molecule has 4 nitrogen and oxygen atoms in total. The quantitative estimate of drug-likeness (QED) is 0.332. The van der Waals surface area contributed by atoms with E-state index in [2.05, 4.69) is 31.2 Å². The van der Waals surface area contributed by atoms with Gasteiger partial charge < -0.3 is 10.1 Å². The van der Waals surface area contributed by atoms with E-state index in [0.717, 1.165) is 38.8 Å². The number of amidine groups is 1. The number of anilines is 1. The van der Waals surface area contributed by atoms with Crippen molar-refractivity contribution < 1.29 is 17.9 Å². The van der Waals surface area contributed by atoms with E-state index in [1.165, 1.54) is 0 Å². The Morgan fingerprint density at radius 2 is 1.77 bits per heavy atom. The number of benzene rings is 3. The zero-order valence-electron chi connectivity index (χ0n) is 15.7. The minimum atomic E-state index is -4.55. The summed E-state index contributed by atoms with van der Waals surface area (Å²) in [5.41, 5.74) is 0.790. The molecule has 1 aliphatic rings. The third kappa shape index (κ3) is 3.74. The molecule has 0 amide bonds. The number of rotatable bonds is 3. The molecule has 0 radical (unpaired) electrons. The lowest BCUT2D eigenvalue weighted by Gasteiger charge is -2.12. The van der Waals surface area contributed by atoms with Gasteiger partial charge >= 0.3 is 6.18 Å². The van der Waals surface area contributed by atoms with Crippen LogP contribution in [0, 0.1) is 0 Å². The average Bonchev–Trinajstić information content (AvgIpc) is 3.07. The molecule has 4 aromatic rings. The van der Waals surface area contributed by atoms with Gasteiger partial charge in [-0.25, -0.2) is 9.98 Å². The Balaban J connectivity index is 1.64. The molecule has 154 valence electrons.